The number of hydrogen-bond donors (Lipinski definition) is 0. The Hall–Kier alpha value is -1.18. The molecule has 0 radical (unpaired) electrons. The number of rotatable bonds is 2. The molecular formula is C12H13IN2O3. The van der Waals surface area contributed by atoms with Gasteiger partial charge in [-0.15, -0.1) is 0 Å². The third-order valence-corrected chi connectivity index (χ3v) is 4.10. The molecule has 1 aromatic rings. The molecule has 1 aliphatic heterocycles. The maximum Gasteiger partial charge on any atom is 0.311 e. The number of hydrogen-bond acceptors (Lipinski definition) is 4. The first-order valence-corrected chi connectivity index (χ1v) is 6.61. The second-order valence-corrected chi connectivity index (χ2v) is 5.38. The van der Waals surface area contributed by atoms with Gasteiger partial charge in [0.05, 0.1) is 13.0 Å². The Morgan fingerprint density at radius 2 is 2.33 bits per heavy atom. The summed E-state index contributed by atoms with van der Waals surface area (Å²) in [5, 5.41) is 0. The number of halogens is 1. The average molecular weight is 360 g/mol. The van der Waals surface area contributed by atoms with Crippen LogP contribution < -0.4 is 4.90 Å². The second-order valence-electron chi connectivity index (χ2n) is 4.22. The van der Waals surface area contributed by atoms with Gasteiger partial charge in [0.2, 0.25) is 5.91 Å². The zero-order valence-corrected chi connectivity index (χ0v) is 12.3. The van der Waals surface area contributed by atoms with E-state index in [4.69, 9.17) is 0 Å². The van der Waals surface area contributed by atoms with Crippen molar-refractivity contribution in [2.45, 2.75) is 13.3 Å². The first kappa shape index (κ1) is 13.3. The molecule has 18 heavy (non-hydrogen) atoms. The van der Waals surface area contributed by atoms with Gasteiger partial charge in [0.25, 0.3) is 0 Å². The van der Waals surface area contributed by atoms with E-state index < -0.39 is 0 Å². The van der Waals surface area contributed by atoms with Crippen LogP contribution in [0.2, 0.25) is 0 Å². The second kappa shape index (κ2) is 5.21. The topological polar surface area (TPSA) is 59.5 Å². The van der Waals surface area contributed by atoms with Gasteiger partial charge in [0.15, 0.2) is 0 Å². The number of aryl methyl sites for hydroxylation is 1. The third-order valence-electron chi connectivity index (χ3n) is 2.97. The van der Waals surface area contributed by atoms with E-state index in [0.717, 1.165) is 9.13 Å². The number of pyridine rings is 1. The molecule has 2 heterocycles. The first-order valence-electron chi connectivity index (χ1n) is 5.53. The quantitative estimate of drug-likeness (QED) is 0.593. The van der Waals surface area contributed by atoms with Crippen molar-refractivity contribution in [1.82, 2.24) is 4.98 Å². The van der Waals surface area contributed by atoms with Crippen molar-refractivity contribution in [3.63, 3.8) is 0 Å². The van der Waals surface area contributed by atoms with Gasteiger partial charge in [-0.2, -0.15) is 0 Å². The Balaban J connectivity index is 2.21. The van der Waals surface area contributed by atoms with E-state index in [-0.39, 0.29) is 24.2 Å². The molecule has 1 saturated heterocycles. The highest BCUT2D eigenvalue weighted by atomic mass is 127. The normalized spacial score (nSPS) is 19.2. The predicted octanol–water partition coefficient (Wildman–Crippen LogP) is 1.52. The number of amides is 1. The monoisotopic (exact) mass is 360 g/mol. The zero-order valence-electron chi connectivity index (χ0n) is 10.1. The number of anilines is 1. The molecule has 2 rings (SSSR count). The van der Waals surface area contributed by atoms with Crippen LogP contribution in [-0.4, -0.2) is 30.5 Å². The van der Waals surface area contributed by atoms with Gasteiger partial charge in [-0.3, -0.25) is 14.5 Å². The van der Waals surface area contributed by atoms with Crippen LogP contribution in [0, 0.1) is 16.4 Å². The van der Waals surface area contributed by atoms with Gasteiger partial charge >= 0.3 is 5.97 Å². The SMILES string of the molecule is COC(=O)C1CC(=O)N(c2cc(C)c(I)cn2)C1. The number of nitrogens with zero attached hydrogens (tertiary/aromatic N) is 2. The van der Waals surface area contributed by atoms with Gasteiger partial charge in [-0.25, -0.2) is 4.98 Å². The lowest BCUT2D eigenvalue weighted by molar-refractivity contribution is -0.145. The van der Waals surface area contributed by atoms with Crippen molar-refractivity contribution in [2.75, 3.05) is 18.6 Å². The van der Waals surface area contributed by atoms with E-state index in [1.165, 1.54) is 7.11 Å². The van der Waals surface area contributed by atoms with Crippen LogP contribution in [0.4, 0.5) is 5.82 Å². The van der Waals surface area contributed by atoms with Crippen LogP contribution >= 0.6 is 22.6 Å². The Morgan fingerprint density at radius 1 is 1.61 bits per heavy atom. The van der Waals surface area contributed by atoms with Crippen LogP contribution in [0.25, 0.3) is 0 Å². The molecule has 96 valence electrons. The van der Waals surface area contributed by atoms with Crippen molar-refractivity contribution >= 4 is 40.3 Å². The third kappa shape index (κ3) is 2.47. The number of ether oxygens (including phenoxy) is 1. The summed E-state index contributed by atoms with van der Waals surface area (Å²) in [5.74, 6) is -0.209. The van der Waals surface area contributed by atoms with E-state index in [1.807, 2.05) is 13.0 Å². The fourth-order valence-corrected chi connectivity index (χ4v) is 2.22. The Morgan fingerprint density at radius 3 is 2.94 bits per heavy atom. The van der Waals surface area contributed by atoms with Gasteiger partial charge < -0.3 is 4.74 Å². The summed E-state index contributed by atoms with van der Waals surface area (Å²) in [6, 6.07) is 1.86. The smallest absolute Gasteiger partial charge is 0.311 e. The van der Waals surface area contributed by atoms with Gasteiger partial charge in [0, 0.05) is 22.7 Å². The summed E-state index contributed by atoms with van der Waals surface area (Å²) in [7, 11) is 1.34. The van der Waals surface area contributed by atoms with E-state index in [1.54, 1.807) is 11.1 Å². The predicted molar refractivity (Wildman–Crippen MR) is 74.2 cm³/mol. The average Bonchev–Trinajstić information content (AvgIpc) is 2.74. The molecule has 1 amide bonds. The van der Waals surface area contributed by atoms with E-state index in [9.17, 15) is 9.59 Å². The molecule has 6 heteroatoms. The molecule has 0 aliphatic carbocycles. The molecule has 1 aromatic heterocycles. The van der Waals surface area contributed by atoms with Crippen molar-refractivity contribution in [2.24, 2.45) is 5.92 Å². The number of aromatic nitrogens is 1. The molecule has 0 saturated carbocycles. The Labute approximate surface area is 119 Å². The molecule has 1 atom stereocenters. The van der Waals surface area contributed by atoms with Crippen molar-refractivity contribution < 1.29 is 14.3 Å². The summed E-state index contributed by atoms with van der Waals surface area (Å²) >= 11 is 2.19. The minimum atomic E-state index is -0.385. The Bertz CT molecular complexity index is 504. The molecule has 1 aliphatic rings. The lowest BCUT2D eigenvalue weighted by atomic mass is 10.1. The van der Waals surface area contributed by atoms with Crippen molar-refractivity contribution in [1.29, 1.82) is 0 Å². The largest absolute Gasteiger partial charge is 0.469 e. The number of esters is 1. The van der Waals surface area contributed by atoms with Crippen molar-refractivity contribution in [3.8, 4) is 0 Å². The van der Waals surface area contributed by atoms with Crippen molar-refractivity contribution in [3.05, 3.63) is 21.4 Å². The Kier molecular flexibility index (Phi) is 3.84. The summed E-state index contributed by atoms with van der Waals surface area (Å²) in [5.41, 5.74) is 1.06. The fourth-order valence-electron chi connectivity index (χ4n) is 1.93. The highest BCUT2D eigenvalue weighted by molar-refractivity contribution is 14.1. The minimum Gasteiger partial charge on any atom is -0.469 e. The molecule has 0 bridgehead atoms. The fraction of sp³-hybridized carbons (Fsp3) is 0.417. The van der Waals surface area contributed by atoms with E-state index >= 15 is 0 Å². The maximum atomic E-state index is 11.9. The maximum absolute atomic E-state index is 11.9. The number of methoxy groups -OCH3 is 1. The molecule has 0 N–H and O–H groups in total. The first-order chi connectivity index (χ1) is 8.52. The van der Waals surface area contributed by atoms with Crippen LogP contribution in [0.5, 0.6) is 0 Å². The molecule has 1 fully saturated rings. The van der Waals surface area contributed by atoms with Crippen LogP contribution in [-0.2, 0) is 14.3 Å². The van der Waals surface area contributed by atoms with Gasteiger partial charge in [-0.1, -0.05) is 0 Å². The molecule has 0 aromatic carbocycles. The van der Waals surface area contributed by atoms with Crippen LogP contribution in [0.15, 0.2) is 12.3 Å². The minimum absolute atomic E-state index is 0.0847. The molecular weight excluding hydrogens is 347 g/mol. The highest BCUT2D eigenvalue weighted by Gasteiger charge is 2.36. The molecule has 0 spiro atoms. The van der Waals surface area contributed by atoms with Crippen LogP contribution in [0.1, 0.15) is 12.0 Å². The zero-order chi connectivity index (χ0) is 13.3. The van der Waals surface area contributed by atoms with Crippen LogP contribution in [0.3, 0.4) is 0 Å². The summed E-state index contributed by atoms with van der Waals surface area (Å²) < 4.78 is 5.72. The highest BCUT2D eigenvalue weighted by Crippen LogP contribution is 2.25. The molecule has 1 unspecified atom stereocenters. The van der Waals surface area contributed by atoms with E-state index in [2.05, 4.69) is 32.3 Å². The lowest BCUT2D eigenvalue weighted by Gasteiger charge is -2.15. The lowest BCUT2D eigenvalue weighted by Crippen LogP contribution is -2.27. The summed E-state index contributed by atoms with van der Waals surface area (Å²) in [6.45, 7) is 2.31. The summed E-state index contributed by atoms with van der Waals surface area (Å²) in [4.78, 5) is 29.1. The standard InChI is InChI=1S/C12H13IN2O3/c1-7-3-10(14-5-9(7)13)15-6-8(4-11(15)16)12(17)18-2/h3,5,8H,4,6H2,1-2H3. The number of carbonyl (C=O) groups excluding carboxylic acids is 2. The molecule has 5 nitrogen and oxygen atoms in total. The summed E-state index contributed by atoms with van der Waals surface area (Å²) in [6.07, 6.45) is 1.92. The van der Waals surface area contributed by atoms with Gasteiger partial charge in [-0.05, 0) is 41.1 Å². The number of carbonyl (C=O) groups is 2. The van der Waals surface area contributed by atoms with E-state index in [0.29, 0.717) is 12.4 Å². The van der Waals surface area contributed by atoms with Gasteiger partial charge in [0.1, 0.15) is 5.82 Å².